The van der Waals surface area contributed by atoms with Crippen LogP contribution in [0.15, 0.2) is 27.7 Å². The summed E-state index contributed by atoms with van der Waals surface area (Å²) in [6.45, 7) is 6.63. The van der Waals surface area contributed by atoms with E-state index in [1.807, 2.05) is 6.92 Å². The molecule has 1 aliphatic heterocycles. The van der Waals surface area contributed by atoms with Gasteiger partial charge >= 0.3 is 11.9 Å². The van der Waals surface area contributed by atoms with Crippen molar-refractivity contribution in [3.05, 3.63) is 29.7 Å². The largest absolute Gasteiger partial charge is 0.496 e. The van der Waals surface area contributed by atoms with E-state index < -0.39 is 23.6 Å². The summed E-state index contributed by atoms with van der Waals surface area (Å²) in [5.41, 5.74) is 2.80. The number of hydrogen-bond donors (Lipinski definition) is 0. The molecule has 1 aliphatic rings. The van der Waals surface area contributed by atoms with Crippen LogP contribution in [0.1, 0.15) is 25.3 Å². The molecule has 0 bridgehead atoms. The molecule has 0 radical (unpaired) electrons. The van der Waals surface area contributed by atoms with Gasteiger partial charge in [-0.05, 0) is 32.0 Å². The van der Waals surface area contributed by atoms with Crippen LogP contribution in [0.4, 0.5) is 5.69 Å². The zero-order valence-electron chi connectivity index (χ0n) is 15.7. The van der Waals surface area contributed by atoms with E-state index in [0.717, 1.165) is 11.1 Å². The molecule has 142 valence electrons. The molecule has 2 heterocycles. The smallest absolute Gasteiger partial charge is 0.329 e. The van der Waals surface area contributed by atoms with Gasteiger partial charge in [-0.1, -0.05) is 5.16 Å². The zero-order valence-corrected chi connectivity index (χ0v) is 15.7. The van der Waals surface area contributed by atoms with Crippen molar-refractivity contribution in [3.63, 3.8) is 0 Å². The predicted molar refractivity (Wildman–Crippen MR) is 95.9 cm³/mol. The highest BCUT2D eigenvalue weighted by Gasteiger charge is 2.42. The first-order valence-electron chi connectivity index (χ1n) is 8.33. The minimum absolute atomic E-state index is 0.524. The SMILES string of the molecule is COc1ccc(N=CC2C(=O)OC(C)(C)OC2=O)cc1-c1c(C)noc1C. The minimum Gasteiger partial charge on any atom is -0.496 e. The Hall–Kier alpha value is -3.16. The van der Waals surface area contributed by atoms with Gasteiger partial charge < -0.3 is 18.7 Å². The maximum atomic E-state index is 12.0. The number of benzene rings is 1. The molecule has 3 rings (SSSR count). The summed E-state index contributed by atoms with van der Waals surface area (Å²) in [5, 5.41) is 3.96. The van der Waals surface area contributed by atoms with E-state index in [0.29, 0.717) is 22.9 Å². The molecule has 27 heavy (non-hydrogen) atoms. The zero-order chi connectivity index (χ0) is 19.8. The summed E-state index contributed by atoms with van der Waals surface area (Å²) in [7, 11) is 1.57. The first kappa shape index (κ1) is 18.6. The van der Waals surface area contributed by atoms with Gasteiger partial charge in [0.1, 0.15) is 11.5 Å². The molecule has 8 heteroatoms. The molecule has 2 aromatic rings. The van der Waals surface area contributed by atoms with E-state index in [1.165, 1.54) is 20.1 Å². The Morgan fingerprint density at radius 2 is 1.85 bits per heavy atom. The second-order valence-corrected chi connectivity index (χ2v) is 6.58. The van der Waals surface area contributed by atoms with Gasteiger partial charge in [0.25, 0.3) is 5.79 Å². The first-order valence-corrected chi connectivity index (χ1v) is 8.33. The van der Waals surface area contributed by atoms with Crippen molar-refractivity contribution >= 4 is 23.8 Å². The number of aryl methyl sites for hydroxylation is 2. The Morgan fingerprint density at radius 1 is 1.19 bits per heavy atom. The van der Waals surface area contributed by atoms with Crippen LogP contribution in [0.3, 0.4) is 0 Å². The molecular formula is C19H20N2O6. The van der Waals surface area contributed by atoms with Crippen LogP contribution in [-0.4, -0.2) is 36.2 Å². The van der Waals surface area contributed by atoms with E-state index in [4.69, 9.17) is 18.7 Å². The summed E-state index contributed by atoms with van der Waals surface area (Å²) in [4.78, 5) is 28.3. The van der Waals surface area contributed by atoms with Crippen molar-refractivity contribution in [1.29, 1.82) is 0 Å². The molecular weight excluding hydrogens is 352 g/mol. The number of methoxy groups -OCH3 is 1. The van der Waals surface area contributed by atoms with Crippen LogP contribution in [0, 0.1) is 19.8 Å². The number of carbonyl (C=O) groups is 2. The molecule has 1 aromatic carbocycles. The number of carbonyl (C=O) groups excluding carboxylic acids is 2. The lowest BCUT2D eigenvalue weighted by molar-refractivity contribution is -0.235. The van der Waals surface area contributed by atoms with Crippen molar-refractivity contribution in [2.24, 2.45) is 10.9 Å². The van der Waals surface area contributed by atoms with Gasteiger partial charge in [-0.2, -0.15) is 0 Å². The second kappa shape index (κ2) is 6.86. The molecule has 0 aliphatic carbocycles. The lowest BCUT2D eigenvalue weighted by Gasteiger charge is -2.31. The Kier molecular flexibility index (Phi) is 4.73. The summed E-state index contributed by atoms with van der Waals surface area (Å²) in [6, 6.07) is 5.22. The van der Waals surface area contributed by atoms with E-state index in [9.17, 15) is 9.59 Å². The minimum atomic E-state index is -1.27. The lowest BCUT2D eigenvalue weighted by atomic mass is 10.0. The van der Waals surface area contributed by atoms with Crippen LogP contribution in [0.25, 0.3) is 11.1 Å². The predicted octanol–water partition coefficient (Wildman–Crippen LogP) is 3.12. The third-order valence-corrected chi connectivity index (χ3v) is 4.06. The van der Waals surface area contributed by atoms with Gasteiger partial charge in [-0.15, -0.1) is 0 Å². The molecule has 8 nitrogen and oxygen atoms in total. The van der Waals surface area contributed by atoms with Crippen LogP contribution >= 0.6 is 0 Å². The van der Waals surface area contributed by atoms with E-state index >= 15 is 0 Å². The monoisotopic (exact) mass is 372 g/mol. The fraction of sp³-hybridized carbons (Fsp3) is 0.368. The molecule has 1 aromatic heterocycles. The molecule has 0 spiro atoms. The van der Waals surface area contributed by atoms with Gasteiger partial charge in [0.2, 0.25) is 0 Å². The Labute approximate surface area is 156 Å². The highest BCUT2D eigenvalue weighted by atomic mass is 16.7. The lowest BCUT2D eigenvalue weighted by Crippen LogP contribution is -2.46. The van der Waals surface area contributed by atoms with E-state index in [2.05, 4.69) is 10.1 Å². The fourth-order valence-corrected chi connectivity index (χ4v) is 2.85. The summed E-state index contributed by atoms with van der Waals surface area (Å²) in [5.74, 6) is -2.59. The normalized spacial score (nSPS) is 17.1. The number of hydrogen-bond acceptors (Lipinski definition) is 8. The van der Waals surface area contributed by atoms with Gasteiger partial charge in [-0.3, -0.25) is 14.6 Å². The van der Waals surface area contributed by atoms with Gasteiger partial charge in [0.05, 0.1) is 24.1 Å². The molecule has 0 saturated carbocycles. The summed E-state index contributed by atoms with van der Waals surface area (Å²) < 4.78 is 20.8. The number of ether oxygens (including phenoxy) is 3. The second-order valence-electron chi connectivity index (χ2n) is 6.58. The Bertz CT molecular complexity index is 889. The topological polar surface area (TPSA) is 100 Å². The number of aromatic nitrogens is 1. The molecule has 1 fully saturated rings. The van der Waals surface area contributed by atoms with Gasteiger partial charge in [-0.25, -0.2) is 0 Å². The number of aliphatic imine (C=N–C) groups is 1. The number of rotatable bonds is 4. The number of esters is 2. The molecule has 0 atom stereocenters. The number of cyclic esters (lactones) is 2. The van der Waals surface area contributed by atoms with Crippen LogP contribution < -0.4 is 4.74 Å². The molecule has 1 saturated heterocycles. The standard InChI is InChI=1S/C19H20N2O6/c1-10-16(11(2)27-21-10)13-8-12(6-7-15(13)24-5)20-9-14-17(22)25-19(3,4)26-18(14)23/h6-9,14H,1-5H3. The third-order valence-electron chi connectivity index (χ3n) is 4.06. The first-order chi connectivity index (χ1) is 12.7. The Morgan fingerprint density at radius 3 is 2.41 bits per heavy atom. The number of nitrogens with zero attached hydrogens (tertiary/aromatic N) is 2. The third kappa shape index (κ3) is 3.69. The highest BCUT2D eigenvalue weighted by molar-refractivity contribution is 6.10. The summed E-state index contributed by atoms with van der Waals surface area (Å²) in [6.07, 6.45) is 1.22. The maximum Gasteiger partial charge on any atom is 0.329 e. The quantitative estimate of drug-likeness (QED) is 0.462. The molecule has 0 unspecified atom stereocenters. The van der Waals surface area contributed by atoms with Crippen molar-refractivity contribution in [3.8, 4) is 16.9 Å². The fourth-order valence-electron chi connectivity index (χ4n) is 2.85. The van der Waals surface area contributed by atoms with Crippen molar-refractivity contribution < 1.29 is 28.3 Å². The highest BCUT2D eigenvalue weighted by Crippen LogP contribution is 2.37. The molecule has 0 amide bonds. The van der Waals surface area contributed by atoms with Crippen molar-refractivity contribution in [2.45, 2.75) is 33.5 Å². The van der Waals surface area contributed by atoms with E-state index in [1.54, 1.807) is 32.2 Å². The maximum absolute atomic E-state index is 12.0. The van der Waals surface area contributed by atoms with Crippen LogP contribution in [-0.2, 0) is 19.1 Å². The van der Waals surface area contributed by atoms with Crippen LogP contribution in [0.5, 0.6) is 5.75 Å². The molecule has 0 N–H and O–H groups in total. The van der Waals surface area contributed by atoms with Crippen LogP contribution in [0.2, 0.25) is 0 Å². The Balaban J connectivity index is 1.93. The average molecular weight is 372 g/mol. The van der Waals surface area contributed by atoms with Gasteiger partial charge in [0, 0.05) is 25.6 Å². The van der Waals surface area contributed by atoms with E-state index in [-0.39, 0.29) is 0 Å². The van der Waals surface area contributed by atoms with Gasteiger partial charge in [0.15, 0.2) is 5.92 Å². The average Bonchev–Trinajstić information content (AvgIpc) is 2.91. The van der Waals surface area contributed by atoms with Crippen molar-refractivity contribution in [1.82, 2.24) is 5.16 Å². The van der Waals surface area contributed by atoms with Crippen molar-refractivity contribution in [2.75, 3.05) is 7.11 Å². The summed E-state index contributed by atoms with van der Waals surface area (Å²) >= 11 is 0.